The Morgan fingerprint density at radius 3 is 2.85 bits per heavy atom. The van der Waals surface area contributed by atoms with Gasteiger partial charge < -0.3 is 5.11 Å². The minimum Gasteiger partial charge on any atom is -0.480 e. The van der Waals surface area contributed by atoms with Crippen LogP contribution >= 0.6 is 0 Å². The Bertz CT molecular complexity index is 215. The number of carboxylic acids is 1. The number of rotatable bonds is 4. The highest BCUT2D eigenvalue weighted by molar-refractivity contribution is 5.74. The molecule has 1 rings (SSSR count). The van der Waals surface area contributed by atoms with E-state index in [1.165, 1.54) is 0 Å². The van der Waals surface area contributed by atoms with Crippen molar-refractivity contribution in [1.29, 1.82) is 0 Å². The van der Waals surface area contributed by atoms with Crippen LogP contribution in [0.5, 0.6) is 0 Å². The van der Waals surface area contributed by atoms with E-state index < -0.39 is 12.0 Å². The quantitative estimate of drug-likeness (QED) is 0.559. The lowest BCUT2D eigenvalue weighted by atomic mass is 10.1. The van der Waals surface area contributed by atoms with Crippen molar-refractivity contribution in [2.45, 2.75) is 26.2 Å². The van der Waals surface area contributed by atoms with E-state index in [-0.39, 0.29) is 12.2 Å². The molecule has 1 unspecified atom stereocenters. The number of nitrogens with one attached hydrogen (secondary N) is 2. The summed E-state index contributed by atoms with van der Waals surface area (Å²) in [6.45, 7) is 4.43. The Labute approximate surface area is 77.2 Å². The van der Waals surface area contributed by atoms with Crippen molar-refractivity contribution in [3.8, 4) is 0 Å². The zero-order valence-corrected chi connectivity index (χ0v) is 7.82. The first-order valence-electron chi connectivity index (χ1n) is 4.35. The van der Waals surface area contributed by atoms with Crippen molar-refractivity contribution in [3.63, 3.8) is 0 Å². The van der Waals surface area contributed by atoms with E-state index >= 15 is 0 Å². The van der Waals surface area contributed by atoms with Crippen LogP contribution in [0.2, 0.25) is 0 Å². The molecular weight excluding hydrogens is 170 g/mol. The second kappa shape index (κ2) is 4.34. The topological polar surface area (TPSA) is 73.7 Å². The highest BCUT2D eigenvalue weighted by Gasteiger charge is 2.24. The van der Waals surface area contributed by atoms with Crippen molar-refractivity contribution in [2.24, 2.45) is 10.9 Å². The average molecular weight is 185 g/mol. The molecule has 13 heavy (non-hydrogen) atoms. The summed E-state index contributed by atoms with van der Waals surface area (Å²) in [6, 6.07) is -0.548. The van der Waals surface area contributed by atoms with Crippen LogP contribution in [0.4, 0.5) is 0 Å². The molecule has 0 saturated carbocycles. The number of aliphatic carboxylic acids is 1. The van der Waals surface area contributed by atoms with Gasteiger partial charge in [0.15, 0.2) is 6.29 Å². The monoisotopic (exact) mass is 185 g/mol. The molecule has 2 atom stereocenters. The molecule has 1 aliphatic heterocycles. The number of hydrogen-bond donors (Lipinski definition) is 3. The van der Waals surface area contributed by atoms with Crippen LogP contribution in [0.15, 0.2) is 4.99 Å². The van der Waals surface area contributed by atoms with E-state index in [2.05, 4.69) is 15.6 Å². The molecule has 0 aliphatic carbocycles. The second-order valence-corrected chi connectivity index (χ2v) is 3.37. The minimum atomic E-state index is -0.834. The minimum absolute atomic E-state index is 0.0510. The second-order valence-electron chi connectivity index (χ2n) is 3.37. The Balaban J connectivity index is 2.46. The molecule has 5 heteroatoms. The van der Waals surface area contributed by atoms with E-state index in [9.17, 15) is 4.79 Å². The predicted molar refractivity (Wildman–Crippen MR) is 49.7 cm³/mol. The summed E-state index contributed by atoms with van der Waals surface area (Å²) in [5.41, 5.74) is 0. The molecule has 5 nitrogen and oxygen atoms in total. The lowest BCUT2D eigenvalue weighted by molar-refractivity contribution is -0.140. The van der Waals surface area contributed by atoms with Crippen LogP contribution in [-0.2, 0) is 4.79 Å². The van der Waals surface area contributed by atoms with E-state index in [0.717, 1.165) is 0 Å². The standard InChI is InChI=1S/C8H15N3O2/c1-5(2)6(7(12)13)11-8-9-3-4-10-8/h3,5-6,8,10-11H,4H2,1-2H3,(H,12,13)/t6-,8?/m1/s1. The van der Waals surface area contributed by atoms with Gasteiger partial charge in [-0.25, -0.2) is 0 Å². The maximum Gasteiger partial charge on any atom is 0.321 e. The van der Waals surface area contributed by atoms with Crippen LogP contribution in [0.25, 0.3) is 0 Å². The molecule has 0 amide bonds. The molecule has 0 aromatic carbocycles. The first-order chi connectivity index (χ1) is 6.11. The maximum atomic E-state index is 10.8. The smallest absolute Gasteiger partial charge is 0.321 e. The van der Waals surface area contributed by atoms with Gasteiger partial charge in [0.1, 0.15) is 6.04 Å². The van der Waals surface area contributed by atoms with E-state index in [0.29, 0.717) is 6.54 Å². The van der Waals surface area contributed by atoms with Gasteiger partial charge in [-0.3, -0.25) is 20.4 Å². The van der Waals surface area contributed by atoms with Gasteiger partial charge >= 0.3 is 5.97 Å². The molecule has 74 valence electrons. The molecule has 0 spiro atoms. The van der Waals surface area contributed by atoms with Crippen LogP contribution in [-0.4, -0.2) is 36.2 Å². The highest BCUT2D eigenvalue weighted by atomic mass is 16.4. The summed E-state index contributed by atoms with van der Waals surface area (Å²) >= 11 is 0. The molecule has 3 N–H and O–H groups in total. The van der Waals surface area contributed by atoms with Gasteiger partial charge in [0, 0.05) is 12.8 Å². The molecule has 0 aromatic heterocycles. The van der Waals surface area contributed by atoms with Gasteiger partial charge in [-0.2, -0.15) is 0 Å². The van der Waals surface area contributed by atoms with E-state index in [4.69, 9.17) is 5.11 Å². The Kier molecular flexibility index (Phi) is 3.39. The molecule has 0 aromatic rings. The SMILES string of the molecule is CC(C)[C@@H](NC1N=CCN1)C(=O)O. The molecule has 1 heterocycles. The summed E-state index contributed by atoms with van der Waals surface area (Å²) in [7, 11) is 0. The summed E-state index contributed by atoms with van der Waals surface area (Å²) in [5, 5.41) is 14.8. The van der Waals surface area contributed by atoms with Crippen LogP contribution in [0.1, 0.15) is 13.8 Å². The fourth-order valence-corrected chi connectivity index (χ4v) is 1.20. The fourth-order valence-electron chi connectivity index (χ4n) is 1.20. The molecule has 0 fully saturated rings. The van der Waals surface area contributed by atoms with Crippen molar-refractivity contribution in [1.82, 2.24) is 10.6 Å². The Hall–Kier alpha value is -0.940. The zero-order valence-electron chi connectivity index (χ0n) is 7.82. The molecule has 0 radical (unpaired) electrons. The molecule has 0 bridgehead atoms. The van der Waals surface area contributed by atoms with Crippen molar-refractivity contribution >= 4 is 12.2 Å². The normalized spacial score (nSPS) is 23.8. The summed E-state index contributed by atoms with van der Waals surface area (Å²) in [6.07, 6.45) is 1.49. The molecule has 1 aliphatic rings. The van der Waals surface area contributed by atoms with E-state index in [1.807, 2.05) is 13.8 Å². The van der Waals surface area contributed by atoms with Crippen molar-refractivity contribution in [2.75, 3.05) is 6.54 Å². The number of aliphatic imine (C=N–C) groups is 1. The van der Waals surface area contributed by atoms with Gasteiger partial charge in [-0.05, 0) is 5.92 Å². The predicted octanol–water partition coefficient (Wildman–Crippen LogP) is -0.357. The highest BCUT2D eigenvalue weighted by Crippen LogP contribution is 2.03. The van der Waals surface area contributed by atoms with Crippen LogP contribution in [0.3, 0.4) is 0 Å². The lowest BCUT2D eigenvalue weighted by Crippen LogP contribution is -2.49. The molecular formula is C8H15N3O2. The zero-order chi connectivity index (χ0) is 9.84. The number of nitrogens with zero attached hydrogens (tertiary/aromatic N) is 1. The van der Waals surface area contributed by atoms with Gasteiger partial charge in [-0.1, -0.05) is 13.8 Å². The largest absolute Gasteiger partial charge is 0.480 e. The lowest BCUT2D eigenvalue weighted by Gasteiger charge is -2.20. The van der Waals surface area contributed by atoms with E-state index in [1.54, 1.807) is 6.21 Å². The third kappa shape index (κ3) is 2.78. The first kappa shape index (κ1) is 10.1. The van der Waals surface area contributed by atoms with Gasteiger partial charge in [0.2, 0.25) is 0 Å². The third-order valence-electron chi connectivity index (χ3n) is 1.93. The van der Waals surface area contributed by atoms with Gasteiger partial charge in [0.25, 0.3) is 0 Å². The van der Waals surface area contributed by atoms with Crippen LogP contribution in [0, 0.1) is 5.92 Å². The average Bonchev–Trinajstić information content (AvgIpc) is 2.50. The van der Waals surface area contributed by atoms with Crippen molar-refractivity contribution in [3.05, 3.63) is 0 Å². The Morgan fingerprint density at radius 1 is 1.77 bits per heavy atom. The Morgan fingerprint density at radius 2 is 2.46 bits per heavy atom. The van der Waals surface area contributed by atoms with Crippen molar-refractivity contribution < 1.29 is 9.90 Å². The number of carbonyl (C=O) groups is 1. The fraction of sp³-hybridized carbons (Fsp3) is 0.750. The first-order valence-corrected chi connectivity index (χ1v) is 4.35. The van der Waals surface area contributed by atoms with Gasteiger partial charge in [0.05, 0.1) is 0 Å². The molecule has 0 saturated heterocycles. The maximum absolute atomic E-state index is 10.8. The van der Waals surface area contributed by atoms with Crippen LogP contribution < -0.4 is 10.6 Å². The third-order valence-corrected chi connectivity index (χ3v) is 1.93. The summed E-state index contributed by atoms with van der Waals surface area (Å²) in [5.74, 6) is -0.783. The number of hydrogen-bond acceptors (Lipinski definition) is 4. The van der Waals surface area contributed by atoms with Gasteiger partial charge in [-0.15, -0.1) is 0 Å². The number of carboxylic acid groups (broad SMARTS) is 1. The summed E-state index contributed by atoms with van der Waals surface area (Å²) < 4.78 is 0. The summed E-state index contributed by atoms with van der Waals surface area (Å²) in [4.78, 5) is 14.8.